The van der Waals surface area contributed by atoms with Gasteiger partial charge in [-0.05, 0) is 51.3 Å². The minimum absolute atomic E-state index is 0.145. The summed E-state index contributed by atoms with van der Waals surface area (Å²) in [4.78, 5) is 0. The van der Waals surface area contributed by atoms with Crippen LogP contribution in [0.15, 0.2) is 16.6 Å². The Morgan fingerprint density at radius 2 is 2.11 bits per heavy atom. The molecule has 0 bridgehead atoms. The fourth-order valence-corrected chi connectivity index (χ4v) is 3.43. The molecular weight excluding hydrogens is 317 g/mol. The molecule has 100 valence electrons. The van der Waals surface area contributed by atoms with Crippen LogP contribution in [0.2, 0.25) is 0 Å². The summed E-state index contributed by atoms with van der Waals surface area (Å²) in [5.74, 6) is -0.222. The van der Waals surface area contributed by atoms with Crippen molar-refractivity contribution in [2.24, 2.45) is 0 Å². The van der Waals surface area contributed by atoms with Crippen molar-refractivity contribution in [3.05, 3.63) is 33.5 Å². The van der Waals surface area contributed by atoms with Gasteiger partial charge >= 0.3 is 0 Å². The van der Waals surface area contributed by atoms with Crippen LogP contribution in [-0.2, 0) is 17.4 Å². The van der Waals surface area contributed by atoms with Gasteiger partial charge in [0.2, 0.25) is 0 Å². The Morgan fingerprint density at radius 1 is 1.44 bits per heavy atom. The maximum absolute atomic E-state index is 14.0. The fourth-order valence-electron chi connectivity index (χ4n) is 2.10. The Labute approximate surface area is 118 Å². The van der Waals surface area contributed by atoms with E-state index in [-0.39, 0.29) is 16.6 Å². The standard InChI is InChI=1S/C13H17BrFNOS/c1-13(2,3)18(17)16-11-5-4-8-6-9(14)7-10(15)12(8)11/h6-7,11,16H,4-5H2,1-3H3/t11-,18-/m0/s1. The van der Waals surface area contributed by atoms with Crippen LogP contribution in [0.4, 0.5) is 4.39 Å². The molecule has 18 heavy (non-hydrogen) atoms. The summed E-state index contributed by atoms with van der Waals surface area (Å²) in [5.41, 5.74) is 1.68. The van der Waals surface area contributed by atoms with Gasteiger partial charge in [-0.1, -0.05) is 15.9 Å². The van der Waals surface area contributed by atoms with Crippen LogP contribution in [0.25, 0.3) is 0 Å². The Balaban J connectivity index is 2.25. The van der Waals surface area contributed by atoms with E-state index in [0.717, 1.165) is 22.9 Å². The molecule has 0 radical (unpaired) electrons. The Bertz CT molecular complexity index is 498. The van der Waals surface area contributed by atoms with Crippen molar-refractivity contribution in [2.75, 3.05) is 0 Å². The molecule has 1 aliphatic carbocycles. The van der Waals surface area contributed by atoms with Gasteiger partial charge in [-0.3, -0.25) is 0 Å². The maximum atomic E-state index is 14.0. The van der Waals surface area contributed by atoms with Crippen LogP contribution in [-0.4, -0.2) is 8.96 Å². The molecule has 1 aromatic carbocycles. The van der Waals surface area contributed by atoms with Gasteiger partial charge in [-0.25, -0.2) is 13.3 Å². The molecule has 0 heterocycles. The van der Waals surface area contributed by atoms with Crippen LogP contribution in [0.1, 0.15) is 44.4 Å². The number of aryl methyl sites for hydroxylation is 1. The van der Waals surface area contributed by atoms with Crippen molar-refractivity contribution in [3.8, 4) is 0 Å². The Morgan fingerprint density at radius 3 is 2.72 bits per heavy atom. The minimum atomic E-state index is -1.18. The smallest absolute Gasteiger partial charge is 0.129 e. The van der Waals surface area contributed by atoms with Gasteiger partial charge in [-0.15, -0.1) is 0 Å². The van der Waals surface area contributed by atoms with Gasteiger partial charge in [0.05, 0.1) is 15.7 Å². The number of hydrogen-bond acceptors (Lipinski definition) is 1. The zero-order valence-electron chi connectivity index (χ0n) is 10.7. The number of rotatable bonds is 2. The minimum Gasteiger partial charge on any atom is -0.242 e. The van der Waals surface area contributed by atoms with Gasteiger partial charge in [0.25, 0.3) is 0 Å². The predicted octanol–water partition coefficient (Wildman–Crippen LogP) is 3.63. The van der Waals surface area contributed by atoms with Gasteiger partial charge in [0.1, 0.15) is 5.82 Å². The first kappa shape index (κ1) is 14.2. The van der Waals surface area contributed by atoms with Crippen LogP contribution in [0.3, 0.4) is 0 Å². The summed E-state index contributed by atoms with van der Waals surface area (Å²) in [5, 5.41) is 0. The van der Waals surface area contributed by atoms with Crippen molar-refractivity contribution < 1.29 is 8.60 Å². The fraction of sp³-hybridized carbons (Fsp3) is 0.538. The zero-order valence-corrected chi connectivity index (χ0v) is 13.1. The number of nitrogens with one attached hydrogen (secondary N) is 1. The monoisotopic (exact) mass is 333 g/mol. The third kappa shape index (κ3) is 2.83. The summed E-state index contributed by atoms with van der Waals surface area (Å²) in [6.45, 7) is 5.72. The number of halogens is 2. The van der Waals surface area contributed by atoms with Crippen molar-refractivity contribution in [2.45, 2.75) is 44.4 Å². The topological polar surface area (TPSA) is 29.1 Å². The molecule has 0 unspecified atom stereocenters. The van der Waals surface area contributed by atoms with E-state index in [1.165, 1.54) is 6.07 Å². The summed E-state index contributed by atoms with van der Waals surface area (Å²) in [7, 11) is -1.18. The summed E-state index contributed by atoms with van der Waals surface area (Å²) in [6.07, 6.45) is 1.62. The van der Waals surface area contributed by atoms with Gasteiger partial charge in [0.15, 0.2) is 0 Å². The second-order valence-electron chi connectivity index (χ2n) is 5.55. The van der Waals surface area contributed by atoms with Crippen LogP contribution in [0, 0.1) is 5.82 Å². The van der Waals surface area contributed by atoms with Crippen molar-refractivity contribution >= 4 is 26.9 Å². The molecule has 1 aliphatic rings. The first-order valence-corrected chi connectivity index (χ1v) is 7.89. The highest BCUT2D eigenvalue weighted by Crippen LogP contribution is 2.36. The van der Waals surface area contributed by atoms with E-state index in [4.69, 9.17) is 0 Å². The zero-order chi connectivity index (χ0) is 13.5. The number of benzene rings is 1. The molecule has 0 spiro atoms. The second kappa shape index (κ2) is 5.02. The highest BCUT2D eigenvalue weighted by atomic mass is 79.9. The molecule has 1 aromatic rings. The van der Waals surface area contributed by atoms with E-state index in [1.54, 1.807) is 0 Å². The molecule has 2 rings (SSSR count). The average Bonchev–Trinajstić information content (AvgIpc) is 2.59. The van der Waals surface area contributed by atoms with E-state index in [1.807, 2.05) is 26.8 Å². The highest BCUT2D eigenvalue weighted by Gasteiger charge is 2.30. The lowest BCUT2D eigenvalue weighted by Crippen LogP contribution is -2.35. The first-order chi connectivity index (χ1) is 8.29. The van der Waals surface area contributed by atoms with E-state index >= 15 is 0 Å². The van der Waals surface area contributed by atoms with Gasteiger partial charge in [0, 0.05) is 16.1 Å². The summed E-state index contributed by atoms with van der Waals surface area (Å²) < 4.78 is 29.5. The van der Waals surface area contributed by atoms with Crippen LogP contribution < -0.4 is 4.72 Å². The summed E-state index contributed by atoms with van der Waals surface area (Å²) in [6, 6.07) is 3.27. The molecule has 1 N–H and O–H groups in total. The third-order valence-corrected chi connectivity index (χ3v) is 5.11. The Hall–Kier alpha value is -0.260. The average molecular weight is 334 g/mol. The Kier molecular flexibility index (Phi) is 3.95. The van der Waals surface area contributed by atoms with E-state index in [9.17, 15) is 8.60 Å². The molecule has 0 saturated heterocycles. The normalized spacial score (nSPS) is 20.8. The lowest BCUT2D eigenvalue weighted by atomic mass is 10.1. The predicted molar refractivity (Wildman–Crippen MR) is 76.2 cm³/mol. The molecule has 0 amide bonds. The SMILES string of the molecule is CC(C)(C)[S@](=O)N[C@H]1CCc2cc(Br)cc(F)c21. The van der Waals surface area contributed by atoms with E-state index in [0.29, 0.717) is 5.56 Å². The molecule has 0 aliphatic heterocycles. The van der Waals surface area contributed by atoms with E-state index < -0.39 is 11.0 Å². The maximum Gasteiger partial charge on any atom is 0.129 e. The molecule has 0 fully saturated rings. The molecule has 2 atom stereocenters. The summed E-state index contributed by atoms with van der Waals surface area (Å²) >= 11 is 3.30. The van der Waals surface area contributed by atoms with Crippen LogP contribution >= 0.6 is 15.9 Å². The first-order valence-electron chi connectivity index (χ1n) is 5.95. The van der Waals surface area contributed by atoms with Crippen molar-refractivity contribution in [1.82, 2.24) is 4.72 Å². The third-order valence-electron chi connectivity index (χ3n) is 3.04. The lowest BCUT2D eigenvalue weighted by molar-refractivity contribution is 0.559. The molecule has 2 nitrogen and oxygen atoms in total. The van der Waals surface area contributed by atoms with Crippen molar-refractivity contribution in [3.63, 3.8) is 0 Å². The van der Waals surface area contributed by atoms with Crippen molar-refractivity contribution in [1.29, 1.82) is 0 Å². The largest absolute Gasteiger partial charge is 0.242 e. The van der Waals surface area contributed by atoms with Gasteiger partial charge in [-0.2, -0.15) is 0 Å². The molecular formula is C13H17BrFNOS. The highest BCUT2D eigenvalue weighted by molar-refractivity contribution is 9.10. The van der Waals surface area contributed by atoms with E-state index in [2.05, 4.69) is 20.7 Å². The lowest BCUT2D eigenvalue weighted by Gasteiger charge is -2.22. The molecule has 5 heteroatoms. The van der Waals surface area contributed by atoms with Gasteiger partial charge < -0.3 is 0 Å². The second-order valence-corrected chi connectivity index (χ2v) is 8.46. The van der Waals surface area contributed by atoms with Crippen LogP contribution in [0.5, 0.6) is 0 Å². The molecule has 0 saturated carbocycles. The molecule has 0 aromatic heterocycles. The number of fused-ring (bicyclic) bond motifs is 1. The number of hydrogen-bond donors (Lipinski definition) is 1. The quantitative estimate of drug-likeness (QED) is 0.879.